The van der Waals surface area contributed by atoms with E-state index in [0.29, 0.717) is 19.1 Å². The van der Waals surface area contributed by atoms with Crippen LogP contribution >= 0.6 is 0 Å². The first-order valence-corrected chi connectivity index (χ1v) is 6.64. The summed E-state index contributed by atoms with van der Waals surface area (Å²) in [6.07, 6.45) is 2.59. The molecule has 4 unspecified atom stereocenters. The second-order valence-corrected chi connectivity index (χ2v) is 5.18. The molecule has 0 aromatic rings. The molecule has 0 bridgehead atoms. The molecule has 0 rings (SSSR count). The van der Waals surface area contributed by atoms with E-state index >= 15 is 0 Å². The van der Waals surface area contributed by atoms with Gasteiger partial charge in [-0.15, -0.1) is 0 Å². The van der Waals surface area contributed by atoms with Crippen LogP contribution in [-0.2, 0) is 9.47 Å². The third kappa shape index (κ3) is 10.7. The fraction of sp³-hybridized carbons (Fsp3) is 1.00. The summed E-state index contributed by atoms with van der Waals surface area (Å²) >= 11 is 0. The standard InChI is InChI=1S/C13H30N2O2/c1-10(8-16-13(4)7-14)5-6-12(3)17-9-11(2)15/h10-13H,5-9,14-15H2,1-4H3. The van der Waals surface area contributed by atoms with E-state index in [1.165, 1.54) is 0 Å². The Labute approximate surface area is 106 Å². The van der Waals surface area contributed by atoms with Crippen molar-refractivity contribution >= 4 is 0 Å². The third-order valence-corrected chi connectivity index (χ3v) is 2.71. The van der Waals surface area contributed by atoms with E-state index in [1.54, 1.807) is 0 Å². The zero-order chi connectivity index (χ0) is 13.3. The van der Waals surface area contributed by atoms with Gasteiger partial charge in [-0.1, -0.05) is 6.92 Å². The van der Waals surface area contributed by atoms with Crippen LogP contribution in [0.25, 0.3) is 0 Å². The maximum atomic E-state index is 5.64. The Morgan fingerprint density at radius 1 is 0.882 bits per heavy atom. The zero-order valence-electron chi connectivity index (χ0n) is 11.8. The van der Waals surface area contributed by atoms with Gasteiger partial charge < -0.3 is 20.9 Å². The number of ether oxygens (including phenoxy) is 2. The van der Waals surface area contributed by atoms with E-state index in [-0.39, 0.29) is 18.2 Å². The summed E-state index contributed by atoms with van der Waals surface area (Å²) in [6.45, 7) is 10.2. The third-order valence-electron chi connectivity index (χ3n) is 2.71. The molecule has 104 valence electrons. The van der Waals surface area contributed by atoms with Gasteiger partial charge in [-0.25, -0.2) is 0 Å². The van der Waals surface area contributed by atoms with E-state index in [9.17, 15) is 0 Å². The minimum Gasteiger partial charge on any atom is -0.377 e. The fourth-order valence-corrected chi connectivity index (χ4v) is 1.40. The number of nitrogens with two attached hydrogens (primary N) is 2. The summed E-state index contributed by atoms with van der Waals surface area (Å²) in [6, 6.07) is 0.114. The summed E-state index contributed by atoms with van der Waals surface area (Å²) < 4.78 is 11.2. The largest absolute Gasteiger partial charge is 0.377 e. The number of rotatable bonds is 10. The second kappa shape index (κ2) is 9.83. The molecule has 17 heavy (non-hydrogen) atoms. The van der Waals surface area contributed by atoms with Crippen LogP contribution < -0.4 is 11.5 Å². The average Bonchev–Trinajstić information content (AvgIpc) is 2.30. The molecule has 0 radical (unpaired) electrons. The van der Waals surface area contributed by atoms with Crippen molar-refractivity contribution in [2.24, 2.45) is 17.4 Å². The lowest BCUT2D eigenvalue weighted by Gasteiger charge is -2.19. The Morgan fingerprint density at radius 3 is 2.00 bits per heavy atom. The van der Waals surface area contributed by atoms with E-state index in [1.807, 2.05) is 13.8 Å². The predicted octanol–water partition coefficient (Wildman–Crippen LogP) is 1.52. The van der Waals surface area contributed by atoms with Gasteiger partial charge >= 0.3 is 0 Å². The van der Waals surface area contributed by atoms with Crippen molar-refractivity contribution in [3.8, 4) is 0 Å². The number of hydrogen-bond acceptors (Lipinski definition) is 4. The molecule has 0 heterocycles. The second-order valence-electron chi connectivity index (χ2n) is 5.18. The van der Waals surface area contributed by atoms with Crippen LogP contribution in [0.2, 0.25) is 0 Å². The molecule has 4 nitrogen and oxygen atoms in total. The van der Waals surface area contributed by atoms with E-state index < -0.39 is 0 Å². The molecule has 0 amide bonds. The van der Waals surface area contributed by atoms with Gasteiger partial charge in [-0.2, -0.15) is 0 Å². The lowest BCUT2D eigenvalue weighted by Crippen LogP contribution is -2.25. The number of hydrogen-bond donors (Lipinski definition) is 2. The molecule has 0 saturated carbocycles. The first-order valence-electron chi connectivity index (χ1n) is 6.64. The van der Waals surface area contributed by atoms with Gasteiger partial charge in [0.15, 0.2) is 0 Å². The monoisotopic (exact) mass is 246 g/mol. The maximum absolute atomic E-state index is 5.64. The first-order chi connectivity index (χ1) is 7.95. The van der Waals surface area contributed by atoms with Crippen LogP contribution in [0, 0.1) is 5.92 Å². The highest BCUT2D eigenvalue weighted by Gasteiger charge is 2.09. The van der Waals surface area contributed by atoms with E-state index in [4.69, 9.17) is 20.9 Å². The molecule has 0 aromatic heterocycles. The lowest BCUT2D eigenvalue weighted by atomic mass is 10.0. The van der Waals surface area contributed by atoms with Crippen molar-refractivity contribution in [2.75, 3.05) is 19.8 Å². The van der Waals surface area contributed by atoms with Crippen molar-refractivity contribution in [3.05, 3.63) is 0 Å². The van der Waals surface area contributed by atoms with Gasteiger partial charge in [0.1, 0.15) is 0 Å². The smallest absolute Gasteiger partial charge is 0.0669 e. The lowest BCUT2D eigenvalue weighted by molar-refractivity contribution is 0.0294. The van der Waals surface area contributed by atoms with Gasteiger partial charge in [0, 0.05) is 19.2 Å². The van der Waals surface area contributed by atoms with Crippen molar-refractivity contribution in [3.63, 3.8) is 0 Å². The fourth-order valence-electron chi connectivity index (χ4n) is 1.40. The quantitative estimate of drug-likeness (QED) is 0.613. The molecule has 0 spiro atoms. The normalized spacial score (nSPS) is 18.7. The molecular weight excluding hydrogens is 216 g/mol. The molecule has 4 heteroatoms. The highest BCUT2D eigenvalue weighted by molar-refractivity contribution is 4.60. The van der Waals surface area contributed by atoms with Gasteiger partial charge in [0.05, 0.1) is 18.8 Å². The summed E-state index contributed by atoms with van der Waals surface area (Å²) in [4.78, 5) is 0. The molecule has 4 atom stereocenters. The summed E-state index contributed by atoms with van der Waals surface area (Å²) in [5.74, 6) is 0.547. The minimum absolute atomic E-state index is 0.114. The average molecular weight is 246 g/mol. The van der Waals surface area contributed by atoms with Crippen LogP contribution in [-0.4, -0.2) is 38.0 Å². The van der Waals surface area contributed by atoms with E-state index in [2.05, 4.69) is 13.8 Å². The molecule has 0 aliphatic carbocycles. The molecular formula is C13H30N2O2. The Kier molecular flexibility index (Phi) is 9.74. The maximum Gasteiger partial charge on any atom is 0.0669 e. The predicted molar refractivity (Wildman–Crippen MR) is 71.9 cm³/mol. The van der Waals surface area contributed by atoms with Crippen molar-refractivity contribution < 1.29 is 9.47 Å². The highest BCUT2D eigenvalue weighted by Crippen LogP contribution is 2.11. The molecule has 0 aliphatic rings. The Bertz CT molecular complexity index is 177. The molecule has 0 aromatic carbocycles. The molecule has 0 fully saturated rings. The van der Waals surface area contributed by atoms with Crippen LogP contribution in [0.5, 0.6) is 0 Å². The Balaban J connectivity index is 3.51. The minimum atomic E-state index is 0.114. The van der Waals surface area contributed by atoms with E-state index in [0.717, 1.165) is 19.4 Å². The van der Waals surface area contributed by atoms with Gasteiger partial charge in [0.2, 0.25) is 0 Å². The zero-order valence-corrected chi connectivity index (χ0v) is 11.8. The molecule has 0 aliphatic heterocycles. The SMILES string of the molecule is CC(N)COC(C)CCC(C)COC(C)CN. The molecule has 4 N–H and O–H groups in total. The van der Waals surface area contributed by atoms with Gasteiger partial charge in [-0.05, 0) is 39.5 Å². The Hall–Kier alpha value is -0.160. The van der Waals surface area contributed by atoms with Crippen LogP contribution in [0.15, 0.2) is 0 Å². The topological polar surface area (TPSA) is 70.5 Å². The van der Waals surface area contributed by atoms with Crippen LogP contribution in [0.3, 0.4) is 0 Å². The van der Waals surface area contributed by atoms with Crippen LogP contribution in [0.1, 0.15) is 40.5 Å². The summed E-state index contributed by atoms with van der Waals surface area (Å²) in [5.41, 5.74) is 11.1. The first kappa shape index (κ1) is 16.8. The molecule has 0 saturated heterocycles. The van der Waals surface area contributed by atoms with Crippen molar-refractivity contribution in [1.29, 1.82) is 0 Å². The Morgan fingerprint density at radius 2 is 1.47 bits per heavy atom. The van der Waals surface area contributed by atoms with Gasteiger partial charge in [0.25, 0.3) is 0 Å². The van der Waals surface area contributed by atoms with Crippen molar-refractivity contribution in [2.45, 2.75) is 58.8 Å². The highest BCUT2D eigenvalue weighted by atomic mass is 16.5. The summed E-state index contributed by atoms with van der Waals surface area (Å²) in [7, 11) is 0. The van der Waals surface area contributed by atoms with Crippen molar-refractivity contribution in [1.82, 2.24) is 0 Å². The van der Waals surface area contributed by atoms with Gasteiger partial charge in [-0.3, -0.25) is 0 Å². The summed E-state index contributed by atoms with van der Waals surface area (Å²) in [5, 5.41) is 0. The van der Waals surface area contributed by atoms with Crippen LogP contribution in [0.4, 0.5) is 0 Å².